The minimum atomic E-state index is -3.27. The number of nitrogens with zero attached hydrogens (tertiary/aromatic N) is 2. The molecule has 0 bridgehead atoms. The minimum Gasteiger partial charge on any atom is -0.311 e. The average molecular weight is 249 g/mol. The topological polar surface area (TPSA) is 52.7 Å². The largest absolute Gasteiger partial charge is 0.311 e. The van der Waals surface area contributed by atoms with E-state index < -0.39 is 10.2 Å². The van der Waals surface area contributed by atoms with E-state index in [1.54, 1.807) is 18.4 Å². The lowest BCUT2D eigenvalue weighted by Gasteiger charge is -2.40. The molecule has 0 saturated carbocycles. The molecule has 1 aliphatic rings. The Morgan fingerprint density at radius 2 is 1.88 bits per heavy atom. The van der Waals surface area contributed by atoms with Crippen molar-refractivity contribution in [2.24, 2.45) is 5.41 Å². The van der Waals surface area contributed by atoms with Crippen LogP contribution in [0.3, 0.4) is 0 Å². The van der Waals surface area contributed by atoms with Crippen molar-refractivity contribution in [3.05, 3.63) is 0 Å². The number of nitrogens with one attached hydrogen (secondary N) is 1. The summed E-state index contributed by atoms with van der Waals surface area (Å²) in [5.41, 5.74) is 0.0699. The summed E-state index contributed by atoms with van der Waals surface area (Å²) in [5.74, 6) is 0. The van der Waals surface area contributed by atoms with Crippen molar-refractivity contribution in [2.75, 3.05) is 33.7 Å². The zero-order valence-corrected chi connectivity index (χ0v) is 11.6. The van der Waals surface area contributed by atoms with Crippen LogP contribution in [0.15, 0.2) is 0 Å². The highest BCUT2D eigenvalue weighted by Gasteiger charge is 2.35. The Morgan fingerprint density at radius 1 is 1.31 bits per heavy atom. The molecule has 0 aliphatic carbocycles. The quantitative estimate of drug-likeness (QED) is 0.756. The van der Waals surface area contributed by atoms with Gasteiger partial charge in [-0.25, -0.2) is 0 Å². The molecule has 0 spiro atoms. The molecule has 1 N–H and O–H groups in total. The zero-order chi connectivity index (χ0) is 12.6. The normalized spacial score (nSPS) is 25.0. The van der Waals surface area contributed by atoms with E-state index in [0.717, 1.165) is 6.54 Å². The maximum Gasteiger partial charge on any atom is 0.281 e. The second kappa shape index (κ2) is 4.60. The molecule has 1 fully saturated rings. The summed E-state index contributed by atoms with van der Waals surface area (Å²) >= 11 is 0. The van der Waals surface area contributed by atoms with Crippen molar-refractivity contribution in [2.45, 2.75) is 26.8 Å². The van der Waals surface area contributed by atoms with E-state index in [9.17, 15) is 8.42 Å². The molecule has 0 aromatic carbocycles. The summed E-state index contributed by atoms with van der Waals surface area (Å²) in [7, 11) is -0.121. The number of rotatable bonds is 2. The van der Waals surface area contributed by atoms with Gasteiger partial charge in [-0.05, 0) is 5.41 Å². The van der Waals surface area contributed by atoms with Crippen molar-refractivity contribution in [1.29, 1.82) is 0 Å². The molecule has 0 aromatic rings. The van der Waals surface area contributed by atoms with E-state index in [1.807, 2.05) is 0 Å². The SMILES string of the molecule is CN(C)S(=O)(=O)N1CCNC(C(C)(C)C)C1. The maximum atomic E-state index is 12.0. The first kappa shape index (κ1) is 13.9. The summed E-state index contributed by atoms with van der Waals surface area (Å²) in [6, 6.07) is 0.205. The smallest absolute Gasteiger partial charge is 0.281 e. The second-order valence-corrected chi connectivity index (χ2v) is 7.66. The Morgan fingerprint density at radius 3 is 2.31 bits per heavy atom. The van der Waals surface area contributed by atoms with Crippen LogP contribution in [0.2, 0.25) is 0 Å². The van der Waals surface area contributed by atoms with Crippen LogP contribution in [0.4, 0.5) is 0 Å². The Balaban J connectivity index is 2.79. The van der Waals surface area contributed by atoms with Gasteiger partial charge in [0.25, 0.3) is 10.2 Å². The lowest BCUT2D eigenvalue weighted by atomic mass is 9.86. The standard InChI is InChI=1S/C10H23N3O2S/c1-10(2,3)9-8-13(7-6-11-9)16(14,15)12(4)5/h9,11H,6-8H2,1-5H3. The highest BCUT2D eigenvalue weighted by molar-refractivity contribution is 7.86. The first-order chi connectivity index (χ1) is 7.15. The van der Waals surface area contributed by atoms with Crippen LogP contribution in [-0.4, -0.2) is 56.8 Å². The zero-order valence-electron chi connectivity index (χ0n) is 10.8. The average Bonchev–Trinajstić information content (AvgIpc) is 2.16. The monoisotopic (exact) mass is 249 g/mol. The molecule has 16 heavy (non-hydrogen) atoms. The van der Waals surface area contributed by atoms with Gasteiger partial charge < -0.3 is 5.32 Å². The Hall–Kier alpha value is -0.170. The van der Waals surface area contributed by atoms with E-state index in [2.05, 4.69) is 26.1 Å². The molecule has 1 saturated heterocycles. The summed E-state index contributed by atoms with van der Waals surface area (Å²) in [6.07, 6.45) is 0. The number of piperazine rings is 1. The van der Waals surface area contributed by atoms with E-state index in [1.165, 1.54) is 4.31 Å². The molecule has 5 nitrogen and oxygen atoms in total. The van der Waals surface area contributed by atoms with Crippen molar-refractivity contribution >= 4 is 10.2 Å². The molecule has 0 radical (unpaired) electrons. The van der Waals surface area contributed by atoms with Crippen molar-refractivity contribution < 1.29 is 8.42 Å². The highest BCUT2D eigenvalue weighted by Crippen LogP contribution is 2.23. The van der Waals surface area contributed by atoms with E-state index in [-0.39, 0.29) is 11.5 Å². The fourth-order valence-electron chi connectivity index (χ4n) is 1.74. The molecule has 0 amide bonds. The fourth-order valence-corrected chi connectivity index (χ4v) is 2.86. The maximum absolute atomic E-state index is 12.0. The first-order valence-corrected chi connectivity index (χ1v) is 6.96. The minimum absolute atomic E-state index is 0.0699. The van der Waals surface area contributed by atoms with E-state index >= 15 is 0 Å². The van der Waals surface area contributed by atoms with Crippen LogP contribution in [0.25, 0.3) is 0 Å². The van der Waals surface area contributed by atoms with Gasteiger partial charge in [0.2, 0.25) is 0 Å². The van der Waals surface area contributed by atoms with Gasteiger partial charge in [-0.15, -0.1) is 0 Å². The Labute approximate surface area is 99.0 Å². The van der Waals surface area contributed by atoms with E-state index in [0.29, 0.717) is 13.1 Å². The van der Waals surface area contributed by atoms with Gasteiger partial charge in [-0.1, -0.05) is 20.8 Å². The van der Waals surface area contributed by atoms with Crippen molar-refractivity contribution in [3.8, 4) is 0 Å². The van der Waals surface area contributed by atoms with Crippen molar-refractivity contribution in [1.82, 2.24) is 13.9 Å². The van der Waals surface area contributed by atoms with Gasteiger partial charge in [-0.2, -0.15) is 17.0 Å². The van der Waals surface area contributed by atoms with Gasteiger partial charge in [0.1, 0.15) is 0 Å². The van der Waals surface area contributed by atoms with Gasteiger partial charge >= 0.3 is 0 Å². The van der Waals surface area contributed by atoms with Gasteiger partial charge in [0.15, 0.2) is 0 Å². The summed E-state index contributed by atoms with van der Waals surface area (Å²) in [5, 5.41) is 3.38. The molecule has 1 heterocycles. The third kappa shape index (κ3) is 2.94. The van der Waals surface area contributed by atoms with Crippen LogP contribution in [0.1, 0.15) is 20.8 Å². The molecule has 6 heteroatoms. The Bertz CT molecular complexity index is 332. The first-order valence-electron chi connectivity index (χ1n) is 5.56. The fraction of sp³-hybridized carbons (Fsp3) is 1.00. The van der Waals surface area contributed by atoms with Crippen LogP contribution in [-0.2, 0) is 10.2 Å². The molecule has 1 aliphatic heterocycles. The molecule has 0 aromatic heterocycles. The molecule has 96 valence electrons. The summed E-state index contributed by atoms with van der Waals surface area (Å²) in [6.45, 7) is 8.18. The van der Waals surface area contributed by atoms with Crippen LogP contribution >= 0.6 is 0 Å². The molecular weight excluding hydrogens is 226 g/mol. The van der Waals surface area contributed by atoms with Gasteiger partial charge in [0, 0.05) is 39.8 Å². The van der Waals surface area contributed by atoms with E-state index in [4.69, 9.17) is 0 Å². The summed E-state index contributed by atoms with van der Waals surface area (Å²) < 4.78 is 26.8. The van der Waals surface area contributed by atoms with Crippen LogP contribution in [0.5, 0.6) is 0 Å². The number of hydrogen-bond acceptors (Lipinski definition) is 3. The number of hydrogen-bond donors (Lipinski definition) is 1. The molecule has 1 rings (SSSR count). The third-order valence-electron chi connectivity index (χ3n) is 2.97. The lowest BCUT2D eigenvalue weighted by Crippen LogP contribution is -2.58. The molecule has 1 atom stereocenters. The van der Waals surface area contributed by atoms with Crippen molar-refractivity contribution in [3.63, 3.8) is 0 Å². The molecular formula is C10H23N3O2S. The second-order valence-electron chi connectivity index (χ2n) is 5.52. The molecule has 1 unspecified atom stereocenters. The van der Waals surface area contributed by atoms with Gasteiger partial charge in [-0.3, -0.25) is 0 Å². The van der Waals surface area contributed by atoms with Crippen LogP contribution in [0, 0.1) is 5.41 Å². The predicted molar refractivity (Wildman–Crippen MR) is 65.4 cm³/mol. The highest BCUT2D eigenvalue weighted by atomic mass is 32.2. The lowest BCUT2D eigenvalue weighted by molar-refractivity contribution is 0.185. The van der Waals surface area contributed by atoms with Gasteiger partial charge in [0.05, 0.1) is 0 Å². The Kier molecular flexibility index (Phi) is 3.99. The summed E-state index contributed by atoms with van der Waals surface area (Å²) in [4.78, 5) is 0. The predicted octanol–water partition coefficient (Wildman–Crippen LogP) is 0.113. The third-order valence-corrected chi connectivity index (χ3v) is 4.88. The van der Waals surface area contributed by atoms with Crippen LogP contribution < -0.4 is 5.32 Å².